The molecule has 4 heteroatoms. The Bertz CT molecular complexity index is 807. The lowest BCUT2D eigenvalue weighted by molar-refractivity contribution is -0.134. The van der Waals surface area contributed by atoms with Crippen LogP contribution < -0.4 is 4.74 Å². The fourth-order valence-electron chi connectivity index (χ4n) is 4.15. The Morgan fingerprint density at radius 3 is 2.23 bits per heavy atom. The van der Waals surface area contributed by atoms with Crippen molar-refractivity contribution in [1.29, 1.82) is 0 Å². The maximum absolute atomic E-state index is 12.3. The number of carbonyl (C=O) groups excluding carboxylic acids is 1. The molecule has 30 heavy (non-hydrogen) atoms. The third-order valence-corrected chi connectivity index (χ3v) is 5.68. The van der Waals surface area contributed by atoms with Crippen molar-refractivity contribution in [3.8, 4) is 11.5 Å². The van der Waals surface area contributed by atoms with Crippen LogP contribution in [0.4, 0.5) is 0 Å². The molecular weight excluding hydrogens is 374 g/mol. The maximum Gasteiger partial charge on any atom is 0.311 e. The summed E-state index contributed by atoms with van der Waals surface area (Å²) in [6.07, 6.45) is 1.98. The largest absolute Gasteiger partial charge is 0.508 e. The van der Waals surface area contributed by atoms with Gasteiger partial charge in [0, 0.05) is 30.0 Å². The molecule has 0 saturated heterocycles. The molecule has 0 spiro atoms. The van der Waals surface area contributed by atoms with E-state index in [2.05, 4.69) is 44.7 Å². The average Bonchev–Trinajstić information content (AvgIpc) is 2.69. The molecule has 0 aromatic heterocycles. The van der Waals surface area contributed by atoms with Crippen molar-refractivity contribution < 1.29 is 14.6 Å². The van der Waals surface area contributed by atoms with Crippen LogP contribution in [0.3, 0.4) is 0 Å². The zero-order valence-corrected chi connectivity index (χ0v) is 19.3. The molecule has 0 aliphatic carbocycles. The number of aromatic hydroxyl groups is 1. The molecule has 0 saturated carbocycles. The Kier molecular flexibility index (Phi) is 8.91. The van der Waals surface area contributed by atoms with Crippen LogP contribution >= 0.6 is 0 Å². The predicted octanol–water partition coefficient (Wildman–Crippen LogP) is 6.05. The van der Waals surface area contributed by atoms with E-state index in [1.165, 1.54) is 0 Å². The summed E-state index contributed by atoms with van der Waals surface area (Å²) in [5.41, 5.74) is 2.83. The highest BCUT2D eigenvalue weighted by Crippen LogP contribution is 2.40. The van der Waals surface area contributed by atoms with Gasteiger partial charge in [-0.1, -0.05) is 37.3 Å². The number of hydrogen-bond donors (Lipinski definition) is 1. The van der Waals surface area contributed by atoms with Gasteiger partial charge in [0.1, 0.15) is 11.5 Å². The van der Waals surface area contributed by atoms with Crippen LogP contribution in [0.25, 0.3) is 0 Å². The number of benzene rings is 2. The van der Waals surface area contributed by atoms with Gasteiger partial charge in [0.15, 0.2) is 0 Å². The minimum atomic E-state index is -0.235. The Morgan fingerprint density at radius 1 is 1.03 bits per heavy atom. The molecule has 164 valence electrons. The predicted molar refractivity (Wildman–Crippen MR) is 123 cm³/mol. The van der Waals surface area contributed by atoms with E-state index < -0.39 is 0 Å². The lowest BCUT2D eigenvalue weighted by Crippen LogP contribution is -2.38. The number of esters is 1. The second-order valence-corrected chi connectivity index (χ2v) is 8.52. The highest BCUT2D eigenvalue weighted by Gasteiger charge is 2.25. The Morgan fingerprint density at radius 2 is 1.67 bits per heavy atom. The molecule has 0 bridgehead atoms. The third kappa shape index (κ3) is 6.09. The van der Waals surface area contributed by atoms with Gasteiger partial charge in [-0.05, 0) is 77.3 Å². The Balaban J connectivity index is 2.50. The molecule has 0 fully saturated rings. The first-order chi connectivity index (χ1) is 14.3. The molecule has 0 amide bonds. The fourth-order valence-corrected chi connectivity index (χ4v) is 4.15. The lowest BCUT2D eigenvalue weighted by atomic mass is 9.84. The van der Waals surface area contributed by atoms with Crippen molar-refractivity contribution in [2.45, 2.75) is 78.8 Å². The van der Waals surface area contributed by atoms with Gasteiger partial charge in [-0.25, -0.2) is 0 Å². The van der Waals surface area contributed by atoms with Crippen molar-refractivity contribution >= 4 is 5.97 Å². The normalized spacial score (nSPS) is 12.6. The minimum absolute atomic E-state index is 0.0164. The van der Waals surface area contributed by atoms with Crippen LogP contribution in [0.15, 0.2) is 42.5 Å². The van der Waals surface area contributed by atoms with Gasteiger partial charge >= 0.3 is 5.97 Å². The maximum atomic E-state index is 12.3. The molecule has 0 aliphatic heterocycles. The topological polar surface area (TPSA) is 49.8 Å². The number of nitrogens with zero attached hydrogens (tertiary/aromatic N) is 1. The summed E-state index contributed by atoms with van der Waals surface area (Å²) in [4.78, 5) is 14.7. The van der Waals surface area contributed by atoms with E-state index in [0.717, 1.165) is 36.1 Å². The van der Waals surface area contributed by atoms with E-state index in [-0.39, 0.29) is 17.6 Å². The highest BCUT2D eigenvalue weighted by molar-refractivity contribution is 5.73. The van der Waals surface area contributed by atoms with Crippen molar-refractivity contribution in [2.24, 2.45) is 0 Å². The van der Waals surface area contributed by atoms with Gasteiger partial charge in [0.05, 0.1) is 0 Å². The van der Waals surface area contributed by atoms with E-state index in [1.807, 2.05) is 32.0 Å². The van der Waals surface area contributed by atoms with E-state index in [9.17, 15) is 9.90 Å². The Hall–Kier alpha value is -2.33. The van der Waals surface area contributed by atoms with Crippen molar-refractivity contribution in [3.63, 3.8) is 0 Å². The first-order valence-corrected chi connectivity index (χ1v) is 11.1. The first kappa shape index (κ1) is 23.9. The number of phenols is 1. The van der Waals surface area contributed by atoms with E-state index in [4.69, 9.17) is 4.74 Å². The van der Waals surface area contributed by atoms with Crippen LogP contribution in [-0.4, -0.2) is 34.6 Å². The van der Waals surface area contributed by atoms with Gasteiger partial charge < -0.3 is 9.84 Å². The lowest BCUT2D eigenvalue weighted by Gasteiger charge is -2.33. The fraction of sp³-hybridized carbons (Fsp3) is 0.500. The quantitative estimate of drug-likeness (QED) is 0.382. The molecule has 4 nitrogen and oxygen atoms in total. The molecule has 0 aliphatic rings. The van der Waals surface area contributed by atoms with E-state index in [1.54, 1.807) is 12.1 Å². The average molecular weight is 412 g/mol. The summed E-state index contributed by atoms with van der Waals surface area (Å²) in [5, 5.41) is 10.5. The Labute approximate surface area is 181 Å². The summed E-state index contributed by atoms with van der Waals surface area (Å²) >= 11 is 0. The number of rotatable bonds is 10. The van der Waals surface area contributed by atoms with Crippen molar-refractivity contribution in [1.82, 2.24) is 4.90 Å². The standard InChI is InChI=1S/C26H37NO3/c1-7-11-25(29)30-24-15-14-23(28)20(6)26(24)22(21-12-9-8-10-13-21)16-17-27(18(2)3)19(4)5/h8-10,12-15,18-19,22,28H,7,11,16-17H2,1-6H3. The smallest absolute Gasteiger partial charge is 0.311 e. The van der Waals surface area contributed by atoms with Gasteiger partial charge in [-0.15, -0.1) is 0 Å². The van der Waals surface area contributed by atoms with Crippen LogP contribution in [0.1, 0.15) is 76.5 Å². The summed E-state index contributed by atoms with van der Waals surface area (Å²) in [7, 11) is 0. The van der Waals surface area contributed by atoms with Crippen LogP contribution in [0.5, 0.6) is 11.5 Å². The van der Waals surface area contributed by atoms with Gasteiger partial charge in [0.25, 0.3) is 0 Å². The number of carbonyl (C=O) groups is 1. The number of phenolic OH excluding ortho intramolecular Hbond substituents is 1. The molecule has 2 aromatic carbocycles. The molecular formula is C26H37NO3. The molecule has 2 aromatic rings. The SMILES string of the molecule is CCCC(=O)Oc1ccc(O)c(C)c1C(CCN(C(C)C)C(C)C)c1ccccc1. The molecule has 1 N–H and O–H groups in total. The van der Waals surface area contributed by atoms with Crippen molar-refractivity contribution in [3.05, 3.63) is 59.2 Å². The van der Waals surface area contributed by atoms with Crippen LogP contribution in [-0.2, 0) is 4.79 Å². The molecule has 0 heterocycles. The number of ether oxygens (including phenoxy) is 1. The third-order valence-electron chi connectivity index (χ3n) is 5.68. The molecule has 0 radical (unpaired) electrons. The van der Waals surface area contributed by atoms with Crippen LogP contribution in [0, 0.1) is 6.92 Å². The van der Waals surface area contributed by atoms with Crippen LogP contribution in [0.2, 0.25) is 0 Å². The van der Waals surface area contributed by atoms with E-state index >= 15 is 0 Å². The second-order valence-electron chi connectivity index (χ2n) is 8.52. The van der Waals surface area contributed by atoms with E-state index in [0.29, 0.717) is 24.3 Å². The number of hydrogen-bond acceptors (Lipinski definition) is 4. The first-order valence-electron chi connectivity index (χ1n) is 11.1. The zero-order chi connectivity index (χ0) is 22.3. The highest BCUT2D eigenvalue weighted by atomic mass is 16.5. The summed E-state index contributed by atoms with van der Waals surface area (Å²) < 4.78 is 5.76. The van der Waals surface area contributed by atoms with Gasteiger partial charge in [-0.2, -0.15) is 0 Å². The van der Waals surface area contributed by atoms with Crippen molar-refractivity contribution in [2.75, 3.05) is 6.54 Å². The molecule has 1 atom stereocenters. The van der Waals surface area contributed by atoms with Gasteiger partial charge in [0.2, 0.25) is 0 Å². The zero-order valence-electron chi connectivity index (χ0n) is 19.3. The van der Waals surface area contributed by atoms with Gasteiger partial charge in [-0.3, -0.25) is 9.69 Å². The summed E-state index contributed by atoms with van der Waals surface area (Å²) in [5.74, 6) is 0.563. The second kappa shape index (κ2) is 11.2. The molecule has 2 rings (SSSR count). The molecule has 1 unspecified atom stereocenters. The monoisotopic (exact) mass is 411 g/mol. The minimum Gasteiger partial charge on any atom is -0.508 e. The summed E-state index contributed by atoms with van der Waals surface area (Å²) in [6, 6.07) is 14.5. The summed E-state index contributed by atoms with van der Waals surface area (Å²) in [6.45, 7) is 13.6.